The van der Waals surface area contributed by atoms with Crippen LogP contribution in [0.4, 0.5) is 5.95 Å². The zero-order valence-corrected chi connectivity index (χ0v) is 9.66. The molecule has 84 valence electrons. The molecular formula is C9H12N6S. The normalized spacial score (nSPS) is 10.3. The maximum atomic E-state index is 4.26. The smallest absolute Gasteiger partial charge is 0.242 e. The summed E-state index contributed by atoms with van der Waals surface area (Å²) in [6.45, 7) is 0.846. The molecule has 0 aliphatic rings. The standard InChI is InChI=1S/C9H12N6S/c1-16-5-4-12-9-13-8(14-15-9)7-6-10-2-3-11-7/h2-3,6H,4-5H2,1H3,(H2,12,13,14,15). The lowest BCUT2D eigenvalue weighted by Crippen LogP contribution is -2.04. The van der Waals surface area contributed by atoms with Crippen LogP contribution in [-0.2, 0) is 0 Å². The van der Waals surface area contributed by atoms with Crippen LogP contribution in [0.25, 0.3) is 11.5 Å². The minimum atomic E-state index is 0.592. The summed E-state index contributed by atoms with van der Waals surface area (Å²) in [4.78, 5) is 12.4. The molecular weight excluding hydrogens is 224 g/mol. The van der Waals surface area contributed by atoms with E-state index in [-0.39, 0.29) is 0 Å². The summed E-state index contributed by atoms with van der Waals surface area (Å²) in [5.41, 5.74) is 0.688. The molecule has 2 aromatic heterocycles. The lowest BCUT2D eigenvalue weighted by molar-refractivity contribution is 1.06. The number of hydrogen-bond donors (Lipinski definition) is 2. The molecule has 0 bridgehead atoms. The van der Waals surface area contributed by atoms with Gasteiger partial charge < -0.3 is 5.32 Å². The lowest BCUT2D eigenvalue weighted by atomic mass is 10.4. The van der Waals surface area contributed by atoms with Gasteiger partial charge in [-0.1, -0.05) is 0 Å². The van der Waals surface area contributed by atoms with E-state index in [0.29, 0.717) is 17.5 Å². The van der Waals surface area contributed by atoms with Crippen LogP contribution < -0.4 is 5.32 Å². The first-order valence-corrected chi connectivity index (χ1v) is 6.21. The molecule has 16 heavy (non-hydrogen) atoms. The van der Waals surface area contributed by atoms with Crippen LogP contribution in [-0.4, -0.2) is 43.7 Å². The third-order valence-electron chi connectivity index (χ3n) is 1.88. The maximum absolute atomic E-state index is 4.26. The topological polar surface area (TPSA) is 79.4 Å². The Hall–Kier alpha value is -1.63. The van der Waals surface area contributed by atoms with E-state index in [9.17, 15) is 0 Å². The number of H-pyrrole nitrogens is 1. The van der Waals surface area contributed by atoms with Crippen molar-refractivity contribution in [2.45, 2.75) is 0 Å². The Bertz CT molecular complexity index is 429. The van der Waals surface area contributed by atoms with Gasteiger partial charge in [-0.05, 0) is 6.26 Å². The monoisotopic (exact) mass is 236 g/mol. The van der Waals surface area contributed by atoms with Gasteiger partial charge in [0, 0.05) is 24.7 Å². The van der Waals surface area contributed by atoms with Gasteiger partial charge in [0.25, 0.3) is 0 Å². The Morgan fingerprint density at radius 2 is 2.38 bits per heavy atom. The number of thioether (sulfide) groups is 1. The molecule has 0 fully saturated rings. The number of rotatable bonds is 5. The third kappa shape index (κ3) is 2.69. The van der Waals surface area contributed by atoms with Gasteiger partial charge in [-0.2, -0.15) is 16.7 Å². The predicted octanol–water partition coefficient (Wildman–Crippen LogP) is 1.04. The maximum Gasteiger partial charge on any atom is 0.242 e. The molecule has 0 unspecified atom stereocenters. The molecule has 6 nitrogen and oxygen atoms in total. The van der Waals surface area contributed by atoms with E-state index in [1.807, 2.05) is 0 Å². The first kappa shape index (κ1) is 10.9. The summed E-state index contributed by atoms with van der Waals surface area (Å²) in [5, 5.41) is 9.97. The van der Waals surface area contributed by atoms with Crippen molar-refractivity contribution >= 4 is 17.7 Å². The van der Waals surface area contributed by atoms with Gasteiger partial charge in [0.1, 0.15) is 5.69 Å². The molecule has 7 heteroatoms. The van der Waals surface area contributed by atoms with E-state index in [1.54, 1.807) is 30.4 Å². The van der Waals surface area contributed by atoms with Gasteiger partial charge in [0.15, 0.2) is 5.82 Å². The highest BCUT2D eigenvalue weighted by Gasteiger charge is 2.05. The molecule has 0 atom stereocenters. The van der Waals surface area contributed by atoms with Crippen LogP contribution in [0.5, 0.6) is 0 Å². The second-order valence-corrected chi connectivity index (χ2v) is 4.00. The molecule has 0 amide bonds. The van der Waals surface area contributed by atoms with Gasteiger partial charge in [-0.15, -0.1) is 5.10 Å². The van der Waals surface area contributed by atoms with Gasteiger partial charge in [-0.25, -0.2) is 4.98 Å². The van der Waals surface area contributed by atoms with Crippen molar-refractivity contribution < 1.29 is 0 Å². The highest BCUT2D eigenvalue weighted by Crippen LogP contribution is 2.10. The average Bonchev–Trinajstić information content (AvgIpc) is 2.79. The van der Waals surface area contributed by atoms with E-state index in [1.165, 1.54) is 0 Å². The second kappa shape index (κ2) is 5.45. The molecule has 0 aromatic carbocycles. The molecule has 0 saturated carbocycles. The van der Waals surface area contributed by atoms with E-state index in [2.05, 4.69) is 36.7 Å². The zero-order chi connectivity index (χ0) is 11.2. The van der Waals surface area contributed by atoms with Crippen molar-refractivity contribution in [1.82, 2.24) is 25.1 Å². The number of nitrogens with zero attached hydrogens (tertiary/aromatic N) is 4. The molecule has 0 saturated heterocycles. The fraction of sp³-hybridized carbons (Fsp3) is 0.333. The summed E-state index contributed by atoms with van der Waals surface area (Å²) >= 11 is 1.77. The van der Waals surface area contributed by atoms with Crippen molar-refractivity contribution in [1.29, 1.82) is 0 Å². The molecule has 2 aromatic rings. The van der Waals surface area contributed by atoms with Crippen molar-refractivity contribution in [3.8, 4) is 11.5 Å². The van der Waals surface area contributed by atoms with Crippen LogP contribution >= 0.6 is 11.8 Å². The van der Waals surface area contributed by atoms with E-state index in [4.69, 9.17) is 0 Å². The lowest BCUT2D eigenvalue weighted by Gasteiger charge is -1.97. The second-order valence-electron chi connectivity index (χ2n) is 3.02. The van der Waals surface area contributed by atoms with Crippen molar-refractivity contribution in [3.05, 3.63) is 18.6 Å². The van der Waals surface area contributed by atoms with Crippen LogP contribution in [0.15, 0.2) is 18.6 Å². The molecule has 2 N–H and O–H groups in total. The van der Waals surface area contributed by atoms with Crippen molar-refractivity contribution in [2.75, 3.05) is 23.9 Å². The first-order chi connectivity index (χ1) is 7.90. The van der Waals surface area contributed by atoms with Gasteiger partial charge in [0.05, 0.1) is 6.20 Å². The van der Waals surface area contributed by atoms with Gasteiger partial charge in [-0.3, -0.25) is 10.1 Å². The Labute approximate surface area is 97.3 Å². The summed E-state index contributed by atoms with van der Waals surface area (Å²) < 4.78 is 0. The van der Waals surface area contributed by atoms with Gasteiger partial charge in [0.2, 0.25) is 5.95 Å². The highest BCUT2D eigenvalue weighted by molar-refractivity contribution is 7.98. The summed E-state index contributed by atoms with van der Waals surface area (Å²) in [7, 11) is 0. The Morgan fingerprint density at radius 1 is 1.44 bits per heavy atom. The Morgan fingerprint density at radius 3 is 3.12 bits per heavy atom. The summed E-state index contributed by atoms with van der Waals surface area (Å²) in [6, 6.07) is 0. The Kier molecular flexibility index (Phi) is 3.71. The predicted molar refractivity (Wildman–Crippen MR) is 64.3 cm³/mol. The zero-order valence-electron chi connectivity index (χ0n) is 8.84. The van der Waals surface area contributed by atoms with E-state index < -0.39 is 0 Å². The summed E-state index contributed by atoms with van der Waals surface area (Å²) in [5.74, 6) is 2.24. The first-order valence-electron chi connectivity index (χ1n) is 4.82. The van der Waals surface area contributed by atoms with Crippen LogP contribution in [0.3, 0.4) is 0 Å². The SMILES string of the molecule is CSCCNc1n[nH]c(-c2cnccn2)n1. The summed E-state index contributed by atoms with van der Waals surface area (Å²) in [6.07, 6.45) is 6.95. The minimum Gasteiger partial charge on any atom is -0.352 e. The number of anilines is 1. The number of aromatic amines is 1. The van der Waals surface area contributed by atoms with Crippen LogP contribution in [0.2, 0.25) is 0 Å². The molecule has 0 radical (unpaired) electrons. The quantitative estimate of drug-likeness (QED) is 0.755. The van der Waals surface area contributed by atoms with Crippen molar-refractivity contribution in [2.24, 2.45) is 0 Å². The molecule has 2 rings (SSSR count). The van der Waals surface area contributed by atoms with E-state index >= 15 is 0 Å². The fourth-order valence-electron chi connectivity index (χ4n) is 1.14. The number of aromatic nitrogens is 5. The van der Waals surface area contributed by atoms with Crippen LogP contribution in [0, 0.1) is 0 Å². The van der Waals surface area contributed by atoms with Gasteiger partial charge >= 0.3 is 0 Å². The minimum absolute atomic E-state index is 0.592. The van der Waals surface area contributed by atoms with Crippen molar-refractivity contribution in [3.63, 3.8) is 0 Å². The fourth-order valence-corrected chi connectivity index (χ4v) is 1.45. The van der Waals surface area contributed by atoms with E-state index in [0.717, 1.165) is 12.3 Å². The third-order valence-corrected chi connectivity index (χ3v) is 2.49. The highest BCUT2D eigenvalue weighted by atomic mass is 32.2. The molecule has 0 aliphatic carbocycles. The van der Waals surface area contributed by atoms with Crippen LogP contribution in [0.1, 0.15) is 0 Å². The largest absolute Gasteiger partial charge is 0.352 e. The Balaban J connectivity index is 2.02. The molecule has 0 aliphatic heterocycles. The molecule has 2 heterocycles. The average molecular weight is 236 g/mol. The molecule has 0 spiro atoms. The number of nitrogens with one attached hydrogen (secondary N) is 2. The number of hydrogen-bond acceptors (Lipinski definition) is 6.